The number of carbonyl (C=O) groups excluding carboxylic acids is 1. The van der Waals surface area contributed by atoms with Gasteiger partial charge < -0.3 is 13.9 Å². The van der Waals surface area contributed by atoms with Crippen LogP contribution in [0.1, 0.15) is 27.7 Å². The van der Waals surface area contributed by atoms with Gasteiger partial charge in [-0.15, -0.1) is 0 Å². The SMILES string of the molecule is Cc1cc(C(=O)N2Cc3nccn3C[C@H](Cn3cccn3)C2)c(C)o1. The van der Waals surface area contributed by atoms with Crippen LogP contribution in [-0.4, -0.2) is 36.7 Å². The number of nitrogens with zero attached hydrogens (tertiary/aromatic N) is 5. The molecule has 7 heteroatoms. The lowest BCUT2D eigenvalue weighted by Gasteiger charge is -2.24. The molecule has 0 aromatic carbocycles. The minimum atomic E-state index is -0.00346. The van der Waals surface area contributed by atoms with E-state index < -0.39 is 0 Å². The van der Waals surface area contributed by atoms with Crippen LogP contribution >= 0.6 is 0 Å². The third-order valence-corrected chi connectivity index (χ3v) is 4.63. The van der Waals surface area contributed by atoms with Crippen LogP contribution in [0.3, 0.4) is 0 Å². The lowest BCUT2D eigenvalue weighted by Crippen LogP contribution is -2.35. The second kappa shape index (κ2) is 6.23. The van der Waals surface area contributed by atoms with Gasteiger partial charge in [-0.1, -0.05) is 0 Å². The molecule has 4 heterocycles. The summed E-state index contributed by atoms with van der Waals surface area (Å²) in [5.74, 6) is 2.59. The summed E-state index contributed by atoms with van der Waals surface area (Å²) in [6.45, 7) is 6.44. The fourth-order valence-electron chi connectivity index (χ4n) is 3.50. The number of furan rings is 1. The molecule has 0 fully saturated rings. The molecule has 0 N–H and O–H groups in total. The number of aromatic nitrogens is 4. The molecule has 1 atom stereocenters. The molecule has 3 aromatic rings. The third-order valence-electron chi connectivity index (χ3n) is 4.63. The fourth-order valence-corrected chi connectivity index (χ4v) is 3.50. The highest BCUT2D eigenvalue weighted by Crippen LogP contribution is 2.22. The van der Waals surface area contributed by atoms with Crippen LogP contribution < -0.4 is 0 Å². The molecule has 0 radical (unpaired) electrons. The Labute approximate surface area is 145 Å². The van der Waals surface area contributed by atoms with Crippen molar-refractivity contribution in [3.05, 3.63) is 59.8 Å². The highest BCUT2D eigenvalue weighted by Gasteiger charge is 2.28. The van der Waals surface area contributed by atoms with E-state index in [4.69, 9.17) is 4.42 Å². The van der Waals surface area contributed by atoms with Crippen molar-refractivity contribution in [3.8, 4) is 0 Å². The number of rotatable bonds is 3. The number of aryl methyl sites for hydroxylation is 2. The summed E-state index contributed by atoms with van der Waals surface area (Å²) < 4.78 is 9.59. The van der Waals surface area contributed by atoms with Crippen LogP contribution in [-0.2, 0) is 19.6 Å². The van der Waals surface area contributed by atoms with Gasteiger partial charge in [-0.05, 0) is 26.0 Å². The topological polar surface area (TPSA) is 69.1 Å². The highest BCUT2D eigenvalue weighted by atomic mass is 16.3. The Balaban J connectivity index is 1.62. The Bertz CT molecular complexity index is 877. The Kier molecular flexibility index (Phi) is 3.91. The van der Waals surface area contributed by atoms with Crippen LogP contribution in [0.25, 0.3) is 0 Å². The van der Waals surface area contributed by atoms with Gasteiger partial charge in [0.05, 0.1) is 12.1 Å². The van der Waals surface area contributed by atoms with E-state index in [2.05, 4.69) is 14.6 Å². The molecule has 0 spiro atoms. The van der Waals surface area contributed by atoms with Gasteiger partial charge in [-0.3, -0.25) is 9.48 Å². The first kappa shape index (κ1) is 15.7. The number of carbonyl (C=O) groups is 1. The van der Waals surface area contributed by atoms with E-state index in [1.165, 1.54) is 0 Å². The molecule has 1 aliphatic rings. The highest BCUT2D eigenvalue weighted by molar-refractivity contribution is 5.95. The lowest BCUT2D eigenvalue weighted by atomic mass is 10.1. The van der Waals surface area contributed by atoms with Crippen LogP contribution in [0.4, 0.5) is 0 Å². The van der Waals surface area contributed by atoms with Gasteiger partial charge in [0, 0.05) is 50.3 Å². The molecule has 4 rings (SSSR count). The second-order valence-electron chi connectivity index (χ2n) is 6.60. The van der Waals surface area contributed by atoms with Crippen LogP contribution in [0.15, 0.2) is 41.3 Å². The van der Waals surface area contributed by atoms with E-state index in [1.807, 2.05) is 48.0 Å². The summed E-state index contributed by atoms with van der Waals surface area (Å²) in [6, 6.07) is 3.73. The molecular weight excluding hydrogens is 318 g/mol. The van der Waals surface area contributed by atoms with Crippen LogP contribution in [0, 0.1) is 19.8 Å². The third kappa shape index (κ3) is 3.09. The number of hydrogen-bond acceptors (Lipinski definition) is 4. The van der Waals surface area contributed by atoms with Gasteiger partial charge in [0.1, 0.15) is 17.3 Å². The van der Waals surface area contributed by atoms with E-state index in [-0.39, 0.29) is 11.8 Å². The smallest absolute Gasteiger partial charge is 0.257 e. The number of amides is 1. The molecule has 130 valence electrons. The Morgan fingerprint density at radius 1 is 1.28 bits per heavy atom. The van der Waals surface area contributed by atoms with Crippen molar-refractivity contribution in [1.82, 2.24) is 24.2 Å². The van der Waals surface area contributed by atoms with Crippen molar-refractivity contribution in [2.24, 2.45) is 5.92 Å². The number of hydrogen-bond donors (Lipinski definition) is 0. The predicted molar refractivity (Wildman–Crippen MR) is 90.9 cm³/mol. The van der Waals surface area contributed by atoms with Crippen molar-refractivity contribution in [1.29, 1.82) is 0 Å². The van der Waals surface area contributed by atoms with E-state index in [1.54, 1.807) is 12.4 Å². The van der Waals surface area contributed by atoms with Crippen LogP contribution in [0.2, 0.25) is 0 Å². The second-order valence-corrected chi connectivity index (χ2v) is 6.60. The van der Waals surface area contributed by atoms with Crippen molar-refractivity contribution in [2.75, 3.05) is 6.54 Å². The zero-order chi connectivity index (χ0) is 17.4. The van der Waals surface area contributed by atoms with Crippen molar-refractivity contribution < 1.29 is 9.21 Å². The quantitative estimate of drug-likeness (QED) is 0.734. The van der Waals surface area contributed by atoms with Gasteiger partial charge in [0.2, 0.25) is 0 Å². The molecule has 7 nitrogen and oxygen atoms in total. The molecule has 0 aliphatic carbocycles. The average Bonchev–Trinajstić information content (AvgIpc) is 3.28. The first-order chi connectivity index (χ1) is 12.1. The van der Waals surface area contributed by atoms with Crippen molar-refractivity contribution in [3.63, 3.8) is 0 Å². The Hall–Kier alpha value is -2.83. The predicted octanol–water partition coefficient (Wildman–Crippen LogP) is 2.26. The summed E-state index contributed by atoms with van der Waals surface area (Å²) in [6.07, 6.45) is 7.50. The molecule has 0 saturated carbocycles. The molecule has 3 aromatic heterocycles. The summed E-state index contributed by atoms with van der Waals surface area (Å²) in [4.78, 5) is 19.4. The summed E-state index contributed by atoms with van der Waals surface area (Å²) >= 11 is 0. The first-order valence-electron chi connectivity index (χ1n) is 8.44. The summed E-state index contributed by atoms with van der Waals surface area (Å²) in [5, 5.41) is 4.30. The van der Waals surface area contributed by atoms with Gasteiger partial charge >= 0.3 is 0 Å². The van der Waals surface area contributed by atoms with E-state index in [0.717, 1.165) is 24.7 Å². The molecule has 0 bridgehead atoms. The Morgan fingerprint density at radius 3 is 2.88 bits per heavy atom. The Morgan fingerprint density at radius 2 is 2.16 bits per heavy atom. The standard InChI is InChI=1S/C18H21N5O2/c1-13-8-16(14(2)25-13)18(24)22-10-15(11-23-6-3-4-20-23)9-21-7-5-19-17(21)12-22/h3-8,15H,9-12H2,1-2H3/t15-/m0/s1. The van der Waals surface area contributed by atoms with E-state index in [0.29, 0.717) is 24.4 Å². The number of imidazole rings is 1. The maximum atomic E-state index is 13.1. The monoisotopic (exact) mass is 339 g/mol. The molecule has 0 unspecified atom stereocenters. The lowest BCUT2D eigenvalue weighted by molar-refractivity contribution is 0.0711. The number of fused-ring (bicyclic) bond motifs is 1. The van der Waals surface area contributed by atoms with Crippen molar-refractivity contribution >= 4 is 5.91 Å². The van der Waals surface area contributed by atoms with E-state index in [9.17, 15) is 4.79 Å². The minimum absolute atomic E-state index is 0.00346. The van der Waals surface area contributed by atoms with Gasteiger partial charge in [-0.25, -0.2) is 4.98 Å². The normalized spacial score (nSPS) is 17.4. The zero-order valence-corrected chi connectivity index (χ0v) is 14.4. The fraction of sp³-hybridized carbons (Fsp3) is 0.389. The molecule has 1 amide bonds. The largest absolute Gasteiger partial charge is 0.466 e. The average molecular weight is 339 g/mol. The van der Waals surface area contributed by atoms with Gasteiger partial charge in [0.25, 0.3) is 5.91 Å². The van der Waals surface area contributed by atoms with Gasteiger partial charge in [-0.2, -0.15) is 5.10 Å². The summed E-state index contributed by atoms with van der Waals surface area (Å²) in [5.41, 5.74) is 0.635. The first-order valence-corrected chi connectivity index (χ1v) is 8.44. The molecular formula is C18H21N5O2. The molecule has 1 aliphatic heterocycles. The molecule has 25 heavy (non-hydrogen) atoms. The molecule has 0 saturated heterocycles. The van der Waals surface area contributed by atoms with Gasteiger partial charge in [0.15, 0.2) is 0 Å². The van der Waals surface area contributed by atoms with Crippen molar-refractivity contribution in [2.45, 2.75) is 33.5 Å². The minimum Gasteiger partial charge on any atom is -0.466 e. The van der Waals surface area contributed by atoms with Crippen LogP contribution in [0.5, 0.6) is 0 Å². The maximum absolute atomic E-state index is 13.1. The summed E-state index contributed by atoms with van der Waals surface area (Å²) in [7, 11) is 0. The van der Waals surface area contributed by atoms with E-state index >= 15 is 0 Å². The maximum Gasteiger partial charge on any atom is 0.257 e. The zero-order valence-electron chi connectivity index (χ0n) is 14.4.